The first-order chi connectivity index (χ1) is 11.2. The summed E-state index contributed by atoms with van der Waals surface area (Å²) >= 11 is 0. The summed E-state index contributed by atoms with van der Waals surface area (Å²) in [7, 11) is 0. The minimum absolute atomic E-state index is 0.219. The monoisotopic (exact) mass is 306 g/mol. The van der Waals surface area contributed by atoms with Gasteiger partial charge in [-0.15, -0.1) is 5.10 Å². The third-order valence-electron chi connectivity index (χ3n) is 3.42. The summed E-state index contributed by atoms with van der Waals surface area (Å²) in [6.45, 7) is 0. The van der Waals surface area contributed by atoms with Crippen molar-refractivity contribution in [2.45, 2.75) is 0 Å². The maximum atomic E-state index is 10.9. The predicted molar refractivity (Wildman–Crippen MR) is 82.8 cm³/mol. The molecule has 0 aliphatic rings. The summed E-state index contributed by atoms with van der Waals surface area (Å²) in [6.07, 6.45) is 0. The average Bonchev–Trinajstić information content (AvgIpc) is 3.06. The number of nitrogens with zero attached hydrogens (tertiary/aromatic N) is 5. The Balaban J connectivity index is 1.81. The number of hydrogen-bond acceptors (Lipinski definition) is 6. The Morgan fingerprint density at radius 2 is 1.87 bits per heavy atom. The number of para-hydroxylation sites is 2. The van der Waals surface area contributed by atoms with E-state index >= 15 is 0 Å². The molecular weight excluding hydrogens is 296 g/mol. The number of nitrogens with one attached hydrogen (secondary N) is 1. The van der Waals surface area contributed by atoms with Gasteiger partial charge in [0.1, 0.15) is 0 Å². The standard InChI is InChI=1S/C15H10N6O2/c22-15(23)9-5-7-10(8-6-9)16-13-14-18-19-20-21(14)12-4-2-1-3-11(12)17-13/h1-8H,(H,16,17)(H,22,23). The molecular formula is C15H10N6O2. The van der Waals surface area contributed by atoms with Gasteiger partial charge >= 0.3 is 5.97 Å². The molecule has 2 aromatic heterocycles. The van der Waals surface area contributed by atoms with Crippen LogP contribution in [0.3, 0.4) is 0 Å². The van der Waals surface area contributed by atoms with E-state index in [9.17, 15) is 4.79 Å². The SMILES string of the molecule is O=C(O)c1ccc(Nc2nc3ccccc3n3nnnc23)cc1. The number of carboxylic acid groups (broad SMARTS) is 1. The minimum atomic E-state index is -0.968. The van der Waals surface area contributed by atoms with Crippen molar-refractivity contribution in [3.8, 4) is 0 Å². The topological polar surface area (TPSA) is 105 Å². The highest BCUT2D eigenvalue weighted by atomic mass is 16.4. The van der Waals surface area contributed by atoms with Gasteiger partial charge in [-0.05, 0) is 46.8 Å². The zero-order valence-corrected chi connectivity index (χ0v) is 11.7. The molecule has 0 bridgehead atoms. The van der Waals surface area contributed by atoms with Gasteiger partial charge in [-0.25, -0.2) is 9.78 Å². The molecule has 0 atom stereocenters. The number of carboxylic acids is 1. The second kappa shape index (κ2) is 5.02. The fourth-order valence-electron chi connectivity index (χ4n) is 2.32. The van der Waals surface area contributed by atoms with E-state index in [4.69, 9.17) is 5.11 Å². The maximum absolute atomic E-state index is 10.9. The fourth-order valence-corrected chi connectivity index (χ4v) is 2.32. The van der Waals surface area contributed by atoms with Gasteiger partial charge in [0.2, 0.25) is 5.65 Å². The molecule has 0 aliphatic carbocycles. The van der Waals surface area contributed by atoms with Gasteiger partial charge in [-0.1, -0.05) is 12.1 Å². The molecule has 8 nitrogen and oxygen atoms in total. The van der Waals surface area contributed by atoms with E-state index in [1.807, 2.05) is 24.3 Å². The number of anilines is 2. The van der Waals surface area contributed by atoms with Crippen LogP contribution in [0.5, 0.6) is 0 Å². The lowest BCUT2D eigenvalue weighted by atomic mass is 10.2. The van der Waals surface area contributed by atoms with Crippen molar-refractivity contribution >= 4 is 34.2 Å². The van der Waals surface area contributed by atoms with Gasteiger partial charge in [-0.2, -0.15) is 4.52 Å². The zero-order chi connectivity index (χ0) is 15.8. The molecule has 23 heavy (non-hydrogen) atoms. The first-order valence-electron chi connectivity index (χ1n) is 6.79. The molecule has 8 heteroatoms. The molecule has 0 amide bonds. The Hall–Kier alpha value is -3.55. The third kappa shape index (κ3) is 2.22. The lowest BCUT2D eigenvalue weighted by Crippen LogP contribution is -2.01. The van der Waals surface area contributed by atoms with Gasteiger partial charge in [0.25, 0.3) is 0 Å². The molecule has 0 unspecified atom stereocenters. The van der Waals surface area contributed by atoms with E-state index in [1.54, 1.807) is 16.6 Å². The number of rotatable bonds is 3. The number of aromatic nitrogens is 5. The van der Waals surface area contributed by atoms with Crippen molar-refractivity contribution in [2.24, 2.45) is 0 Å². The van der Waals surface area contributed by atoms with Crippen molar-refractivity contribution in [1.29, 1.82) is 0 Å². The Labute approximate surface area is 129 Å². The summed E-state index contributed by atoms with van der Waals surface area (Å²) in [5.41, 5.74) is 2.96. The first-order valence-corrected chi connectivity index (χ1v) is 6.79. The van der Waals surface area contributed by atoms with Crippen LogP contribution in [0.2, 0.25) is 0 Å². The molecule has 2 heterocycles. The van der Waals surface area contributed by atoms with Crippen LogP contribution in [0, 0.1) is 0 Å². The Morgan fingerprint density at radius 3 is 2.65 bits per heavy atom. The van der Waals surface area contributed by atoms with Crippen molar-refractivity contribution in [3.05, 3.63) is 54.1 Å². The Bertz CT molecular complexity index is 1030. The van der Waals surface area contributed by atoms with Crippen molar-refractivity contribution in [2.75, 3.05) is 5.32 Å². The molecule has 0 saturated carbocycles. The molecule has 0 aliphatic heterocycles. The molecule has 4 rings (SSSR count). The Morgan fingerprint density at radius 1 is 1.09 bits per heavy atom. The van der Waals surface area contributed by atoms with Crippen molar-refractivity contribution in [1.82, 2.24) is 25.0 Å². The zero-order valence-electron chi connectivity index (χ0n) is 11.7. The number of fused-ring (bicyclic) bond motifs is 3. The molecule has 0 spiro atoms. The highest BCUT2D eigenvalue weighted by Crippen LogP contribution is 2.22. The third-order valence-corrected chi connectivity index (χ3v) is 3.42. The van der Waals surface area contributed by atoms with Gasteiger partial charge in [-0.3, -0.25) is 0 Å². The lowest BCUT2D eigenvalue weighted by molar-refractivity contribution is 0.0697. The highest BCUT2D eigenvalue weighted by Gasteiger charge is 2.11. The van der Waals surface area contributed by atoms with E-state index in [1.165, 1.54) is 12.1 Å². The average molecular weight is 306 g/mol. The number of aromatic carboxylic acids is 1. The van der Waals surface area contributed by atoms with Crippen molar-refractivity contribution in [3.63, 3.8) is 0 Å². The molecule has 2 aromatic carbocycles. The van der Waals surface area contributed by atoms with Crippen LogP contribution in [0.1, 0.15) is 10.4 Å². The van der Waals surface area contributed by atoms with Crippen LogP contribution in [-0.4, -0.2) is 36.1 Å². The fraction of sp³-hybridized carbons (Fsp3) is 0. The lowest BCUT2D eigenvalue weighted by Gasteiger charge is -2.08. The normalized spacial score (nSPS) is 11.0. The smallest absolute Gasteiger partial charge is 0.335 e. The second-order valence-corrected chi connectivity index (χ2v) is 4.87. The largest absolute Gasteiger partial charge is 0.478 e. The van der Waals surface area contributed by atoms with E-state index in [-0.39, 0.29) is 5.56 Å². The number of benzene rings is 2. The number of hydrogen-bond donors (Lipinski definition) is 2. The molecule has 4 aromatic rings. The first kappa shape index (κ1) is 13.1. The summed E-state index contributed by atoms with van der Waals surface area (Å²) in [5, 5.41) is 23.7. The van der Waals surface area contributed by atoms with Crippen LogP contribution in [0.15, 0.2) is 48.5 Å². The maximum Gasteiger partial charge on any atom is 0.335 e. The number of carbonyl (C=O) groups is 1. The second-order valence-electron chi connectivity index (χ2n) is 4.87. The van der Waals surface area contributed by atoms with Gasteiger partial charge in [0.05, 0.1) is 16.6 Å². The number of tetrazole rings is 1. The van der Waals surface area contributed by atoms with Crippen molar-refractivity contribution < 1.29 is 9.90 Å². The van der Waals surface area contributed by atoms with Crippen LogP contribution < -0.4 is 5.32 Å². The predicted octanol–water partition coefficient (Wildman–Crippen LogP) is 2.11. The van der Waals surface area contributed by atoms with Crippen LogP contribution in [0.25, 0.3) is 16.7 Å². The highest BCUT2D eigenvalue weighted by molar-refractivity contribution is 5.88. The quantitative estimate of drug-likeness (QED) is 0.597. The van der Waals surface area contributed by atoms with E-state index in [0.717, 1.165) is 11.0 Å². The van der Waals surface area contributed by atoms with E-state index in [0.29, 0.717) is 17.2 Å². The van der Waals surface area contributed by atoms with E-state index < -0.39 is 5.97 Å². The molecule has 2 N–H and O–H groups in total. The van der Waals surface area contributed by atoms with Gasteiger partial charge in [0.15, 0.2) is 5.82 Å². The molecule has 0 saturated heterocycles. The molecule has 0 fully saturated rings. The van der Waals surface area contributed by atoms with Crippen LogP contribution in [0.4, 0.5) is 11.5 Å². The van der Waals surface area contributed by atoms with Crippen LogP contribution >= 0.6 is 0 Å². The molecule has 112 valence electrons. The van der Waals surface area contributed by atoms with Gasteiger partial charge < -0.3 is 10.4 Å². The van der Waals surface area contributed by atoms with Gasteiger partial charge in [0, 0.05) is 5.69 Å². The summed E-state index contributed by atoms with van der Waals surface area (Å²) in [4.78, 5) is 15.4. The minimum Gasteiger partial charge on any atom is -0.478 e. The Kier molecular flexibility index (Phi) is 2.87. The summed E-state index contributed by atoms with van der Waals surface area (Å²) in [6, 6.07) is 13.9. The summed E-state index contributed by atoms with van der Waals surface area (Å²) in [5.74, 6) is -0.471. The van der Waals surface area contributed by atoms with E-state index in [2.05, 4.69) is 25.8 Å². The summed E-state index contributed by atoms with van der Waals surface area (Å²) < 4.78 is 1.61. The van der Waals surface area contributed by atoms with Crippen LogP contribution in [-0.2, 0) is 0 Å². The molecule has 0 radical (unpaired) electrons.